The molecule has 0 fully saturated rings. The summed E-state index contributed by atoms with van der Waals surface area (Å²) in [7, 11) is 0. The van der Waals surface area contributed by atoms with Crippen molar-refractivity contribution in [3.63, 3.8) is 0 Å². The molecule has 1 heterocycles. The molecule has 0 aliphatic carbocycles. The first-order chi connectivity index (χ1) is 7.66. The molecule has 2 rings (SSSR count). The highest BCUT2D eigenvalue weighted by molar-refractivity contribution is 5.71. The number of hydrogen-bond donors (Lipinski definition) is 1. The van der Waals surface area contributed by atoms with Crippen molar-refractivity contribution in [3.05, 3.63) is 40.0 Å². The Balaban J connectivity index is 2.40. The Hall–Kier alpha value is -1.88. The van der Waals surface area contributed by atoms with Crippen molar-refractivity contribution in [1.29, 1.82) is 0 Å². The maximum absolute atomic E-state index is 10.7. The molecule has 5 heteroatoms. The standard InChI is InChI=1S/C11H12N2O3/c12-10-5-9(6-11(7-10)13(14)15)8-1-3-16-4-2-8/h1,5-7H,2-4,12H2. The van der Waals surface area contributed by atoms with Gasteiger partial charge in [-0.1, -0.05) is 6.08 Å². The molecule has 1 aromatic carbocycles. The van der Waals surface area contributed by atoms with Crippen molar-refractivity contribution in [2.24, 2.45) is 0 Å². The molecule has 0 unspecified atom stereocenters. The van der Waals surface area contributed by atoms with Gasteiger partial charge in [0.05, 0.1) is 18.1 Å². The summed E-state index contributed by atoms with van der Waals surface area (Å²) in [6.45, 7) is 1.20. The largest absolute Gasteiger partial charge is 0.399 e. The van der Waals surface area contributed by atoms with Crippen LogP contribution in [0.1, 0.15) is 12.0 Å². The lowest BCUT2D eigenvalue weighted by atomic mass is 10.0. The number of rotatable bonds is 2. The number of benzene rings is 1. The zero-order valence-electron chi connectivity index (χ0n) is 8.68. The molecule has 0 aromatic heterocycles. The minimum absolute atomic E-state index is 0.0300. The predicted octanol–water partition coefficient (Wildman–Crippen LogP) is 1.98. The maximum Gasteiger partial charge on any atom is 0.272 e. The second kappa shape index (κ2) is 4.32. The van der Waals surface area contributed by atoms with Gasteiger partial charge >= 0.3 is 0 Å². The highest BCUT2D eigenvalue weighted by atomic mass is 16.6. The van der Waals surface area contributed by atoms with Gasteiger partial charge in [0, 0.05) is 17.8 Å². The van der Waals surface area contributed by atoms with Crippen LogP contribution in [0.5, 0.6) is 0 Å². The molecule has 16 heavy (non-hydrogen) atoms. The van der Waals surface area contributed by atoms with Crippen LogP contribution in [0.25, 0.3) is 5.57 Å². The molecular weight excluding hydrogens is 208 g/mol. The van der Waals surface area contributed by atoms with E-state index in [-0.39, 0.29) is 5.69 Å². The molecule has 0 radical (unpaired) electrons. The molecule has 0 amide bonds. The van der Waals surface area contributed by atoms with Crippen LogP contribution >= 0.6 is 0 Å². The van der Waals surface area contributed by atoms with E-state index in [1.807, 2.05) is 6.08 Å². The number of hydrogen-bond acceptors (Lipinski definition) is 4. The number of anilines is 1. The highest BCUT2D eigenvalue weighted by Gasteiger charge is 2.12. The lowest BCUT2D eigenvalue weighted by molar-refractivity contribution is -0.384. The zero-order chi connectivity index (χ0) is 11.5. The summed E-state index contributed by atoms with van der Waals surface area (Å²) >= 11 is 0. The fraction of sp³-hybridized carbons (Fsp3) is 0.273. The van der Waals surface area contributed by atoms with Gasteiger partial charge in [-0.25, -0.2) is 0 Å². The van der Waals surface area contributed by atoms with Gasteiger partial charge in [-0.2, -0.15) is 0 Å². The lowest BCUT2D eigenvalue weighted by Gasteiger charge is -2.13. The lowest BCUT2D eigenvalue weighted by Crippen LogP contribution is -2.04. The van der Waals surface area contributed by atoms with Gasteiger partial charge in [-0.05, 0) is 23.6 Å². The first-order valence-electron chi connectivity index (χ1n) is 4.99. The third-order valence-corrected chi connectivity index (χ3v) is 2.49. The van der Waals surface area contributed by atoms with Crippen molar-refractivity contribution >= 4 is 16.9 Å². The molecule has 0 atom stereocenters. The third kappa shape index (κ3) is 2.20. The molecular formula is C11H12N2O3. The molecule has 0 saturated heterocycles. The van der Waals surface area contributed by atoms with Gasteiger partial charge in [-0.3, -0.25) is 10.1 Å². The third-order valence-electron chi connectivity index (χ3n) is 2.49. The normalized spacial score (nSPS) is 15.6. The average molecular weight is 220 g/mol. The van der Waals surface area contributed by atoms with Crippen molar-refractivity contribution in [1.82, 2.24) is 0 Å². The molecule has 1 aliphatic rings. The summed E-state index contributed by atoms with van der Waals surface area (Å²) in [5.74, 6) is 0. The monoisotopic (exact) mass is 220 g/mol. The van der Waals surface area contributed by atoms with Crippen molar-refractivity contribution < 1.29 is 9.66 Å². The van der Waals surface area contributed by atoms with Crippen LogP contribution in [-0.4, -0.2) is 18.1 Å². The van der Waals surface area contributed by atoms with Gasteiger partial charge in [0.2, 0.25) is 0 Å². The van der Waals surface area contributed by atoms with E-state index < -0.39 is 4.92 Å². The van der Waals surface area contributed by atoms with E-state index >= 15 is 0 Å². The highest BCUT2D eigenvalue weighted by Crippen LogP contribution is 2.27. The van der Waals surface area contributed by atoms with Crippen LogP contribution in [0.15, 0.2) is 24.3 Å². The van der Waals surface area contributed by atoms with Crippen molar-refractivity contribution in [2.75, 3.05) is 18.9 Å². The topological polar surface area (TPSA) is 78.4 Å². The predicted molar refractivity (Wildman–Crippen MR) is 60.9 cm³/mol. The number of nitro groups is 1. The van der Waals surface area contributed by atoms with Crippen LogP contribution < -0.4 is 5.73 Å². The SMILES string of the molecule is Nc1cc(C2=CCOCC2)cc([N+](=O)[O-])c1. The Labute approximate surface area is 92.7 Å². The number of nitro benzene ring substituents is 1. The van der Waals surface area contributed by atoms with E-state index in [0.29, 0.717) is 18.9 Å². The van der Waals surface area contributed by atoms with Crippen LogP contribution in [0.4, 0.5) is 11.4 Å². The fourth-order valence-electron chi connectivity index (χ4n) is 1.71. The smallest absolute Gasteiger partial charge is 0.272 e. The van der Waals surface area contributed by atoms with Gasteiger partial charge in [-0.15, -0.1) is 0 Å². The second-order valence-corrected chi connectivity index (χ2v) is 3.62. The maximum atomic E-state index is 10.7. The van der Waals surface area contributed by atoms with Crippen molar-refractivity contribution in [2.45, 2.75) is 6.42 Å². The van der Waals surface area contributed by atoms with E-state index in [0.717, 1.165) is 17.6 Å². The fourth-order valence-corrected chi connectivity index (χ4v) is 1.71. The zero-order valence-corrected chi connectivity index (χ0v) is 8.68. The van der Waals surface area contributed by atoms with E-state index in [1.54, 1.807) is 12.1 Å². The first kappa shape index (κ1) is 10.6. The van der Waals surface area contributed by atoms with Gasteiger partial charge in [0.1, 0.15) is 0 Å². The van der Waals surface area contributed by atoms with E-state index in [2.05, 4.69) is 0 Å². The summed E-state index contributed by atoms with van der Waals surface area (Å²) in [6.07, 6.45) is 2.70. The summed E-state index contributed by atoms with van der Waals surface area (Å²) in [4.78, 5) is 10.3. The van der Waals surface area contributed by atoms with Crippen LogP contribution in [0.3, 0.4) is 0 Å². The minimum Gasteiger partial charge on any atom is -0.399 e. The Morgan fingerprint density at radius 3 is 2.81 bits per heavy atom. The van der Waals surface area contributed by atoms with Crippen LogP contribution in [0.2, 0.25) is 0 Å². The summed E-state index contributed by atoms with van der Waals surface area (Å²) < 4.78 is 5.19. The summed E-state index contributed by atoms with van der Waals surface area (Å²) in [6, 6.07) is 4.67. The molecule has 1 aliphatic heterocycles. The van der Waals surface area contributed by atoms with Gasteiger partial charge in [0.25, 0.3) is 5.69 Å². The molecule has 1 aromatic rings. The molecule has 0 saturated carbocycles. The van der Waals surface area contributed by atoms with Gasteiger partial charge in [0.15, 0.2) is 0 Å². The van der Waals surface area contributed by atoms with Crippen LogP contribution in [0, 0.1) is 10.1 Å². The number of ether oxygens (including phenoxy) is 1. The van der Waals surface area contributed by atoms with Crippen LogP contribution in [-0.2, 0) is 4.74 Å². The molecule has 5 nitrogen and oxygen atoms in total. The number of nitrogens with zero attached hydrogens (tertiary/aromatic N) is 1. The van der Waals surface area contributed by atoms with E-state index in [1.165, 1.54) is 6.07 Å². The number of nitrogen functional groups attached to an aromatic ring is 1. The molecule has 0 spiro atoms. The molecule has 0 bridgehead atoms. The Morgan fingerprint density at radius 2 is 2.19 bits per heavy atom. The molecule has 2 N–H and O–H groups in total. The Bertz CT molecular complexity index is 455. The number of non-ortho nitro benzene ring substituents is 1. The Kier molecular flexibility index (Phi) is 2.87. The minimum atomic E-state index is -0.431. The van der Waals surface area contributed by atoms with Crippen molar-refractivity contribution in [3.8, 4) is 0 Å². The molecule has 84 valence electrons. The second-order valence-electron chi connectivity index (χ2n) is 3.62. The summed E-state index contributed by atoms with van der Waals surface area (Å²) in [5.41, 5.74) is 7.96. The quantitative estimate of drug-likeness (QED) is 0.469. The van der Waals surface area contributed by atoms with E-state index in [9.17, 15) is 10.1 Å². The average Bonchev–Trinajstić information content (AvgIpc) is 2.29. The summed E-state index contributed by atoms with van der Waals surface area (Å²) in [5, 5.41) is 10.7. The van der Waals surface area contributed by atoms with Gasteiger partial charge < -0.3 is 10.5 Å². The Morgan fingerprint density at radius 1 is 1.38 bits per heavy atom. The van der Waals surface area contributed by atoms with E-state index in [4.69, 9.17) is 10.5 Å². The first-order valence-corrected chi connectivity index (χ1v) is 4.99. The number of nitrogens with two attached hydrogens (primary N) is 1.